The van der Waals surface area contributed by atoms with Crippen LogP contribution in [0.5, 0.6) is 11.5 Å². The van der Waals surface area contributed by atoms with Gasteiger partial charge in [-0.25, -0.2) is 9.97 Å². The Bertz CT molecular complexity index is 804. The van der Waals surface area contributed by atoms with Crippen LogP contribution in [-0.4, -0.2) is 35.1 Å². The van der Waals surface area contributed by atoms with Crippen molar-refractivity contribution >= 4 is 17.4 Å². The molecule has 2 heterocycles. The molecule has 0 unspecified atom stereocenters. The zero-order valence-corrected chi connectivity index (χ0v) is 15.2. The van der Waals surface area contributed by atoms with Crippen molar-refractivity contribution in [1.29, 1.82) is 0 Å². The topological polar surface area (TPSA) is 85.4 Å². The van der Waals surface area contributed by atoms with Crippen LogP contribution in [-0.2, 0) is 0 Å². The maximum absolute atomic E-state index is 12.6. The molecule has 1 aromatic carbocycles. The fourth-order valence-electron chi connectivity index (χ4n) is 3.50. The number of carbonyl (C=O) groups is 1. The molecule has 0 spiro atoms. The molecule has 2 aliphatic rings. The van der Waals surface area contributed by atoms with Crippen LogP contribution in [0.2, 0.25) is 0 Å². The van der Waals surface area contributed by atoms with Gasteiger partial charge in [-0.3, -0.25) is 4.79 Å². The molecule has 0 saturated heterocycles. The van der Waals surface area contributed by atoms with E-state index in [-0.39, 0.29) is 11.9 Å². The van der Waals surface area contributed by atoms with E-state index >= 15 is 0 Å². The molecular formula is C20H24N4O3. The lowest BCUT2D eigenvalue weighted by atomic mass is 10.1. The fourth-order valence-corrected chi connectivity index (χ4v) is 3.50. The van der Waals surface area contributed by atoms with Crippen LogP contribution < -0.4 is 20.1 Å². The smallest absolute Gasteiger partial charge is 0.270 e. The number of hydrogen-bond acceptors (Lipinski definition) is 6. The summed E-state index contributed by atoms with van der Waals surface area (Å²) in [4.78, 5) is 20.9. The van der Waals surface area contributed by atoms with Gasteiger partial charge in [-0.1, -0.05) is 25.7 Å². The summed E-state index contributed by atoms with van der Waals surface area (Å²) in [7, 11) is 0. The highest BCUT2D eigenvalue weighted by molar-refractivity contribution is 5.93. The van der Waals surface area contributed by atoms with Crippen LogP contribution in [0.15, 0.2) is 30.6 Å². The first kappa shape index (κ1) is 17.6. The second kappa shape index (κ2) is 8.24. The Morgan fingerprint density at radius 3 is 2.56 bits per heavy atom. The molecule has 2 aromatic rings. The van der Waals surface area contributed by atoms with Crippen molar-refractivity contribution in [1.82, 2.24) is 15.3 Å². The van der Waals surface area contributed by atoms with Gasteiger partial charge in [0.2, 0.25) is 0 Å². The van der Waals surface area contributed by atoms with Crippen molar-refractivity contribution in [2.45, 2.75) is 44.6 Å². The van der Waals surface area contributed by atoms with Crippen molar-refractivity contribution in [2.75, 3.05) is 18.5 Å². The van der Waals surface area contributed by atoms with Gasteiger partial charge < -0.3 is 20.1 Å². The Balaban J connectivity index is 1.43. The molecule has 7 heteroatoms. The van der Waals surface area contributed by atoms with E-state index in [1.165, 1.54) is 32.0 Å². The Hall–Kier alpha value is -2.83. The first-order chi connectivity index (χ1) is 13.3. The number of hydrogen-bond donors (Lipinski definition) is 2. The van der Waals surface area contributed by atoms with Gasteiger partial charge in [0, 0.05) is 23.9 Å². The highest BCUT2D eigenvalue weighted by Crippen LogP contribution is 2.33. The van der Waals surface area contributed by atoms with Crippen LogP contribution in [0.1, 0.15) is 49.0 Å². The second-order valence-electron chi connectivity index (χ2n) is 6.93. The minimum absolute atomic E-state index is 0.144. The molecule has 0 atom stereocenters. The number of aromatic nitrogens is 2. The normalized spacial score (nSPS) is 17.0. The Morgan fingerprint density at radius 1 is 0.963 bits per heavy atom. The largest absolute Gasteiger partial charge is 0.486 e. The summed E-state index contributed by atoms with van der Waals surface area (Å²) in [5, 5.41) is 6.31. The summed E-state index contributed by atoms with van der Waals surface area (Å²) >= 11 is 0. The van der Waals surface area contributed by atoms with Gasteiger partial charge in [0.05, 0.1) is 0 Å². The van der Waals surface area contributed by atoms with Crippen LogP contribution in [0.3, 0.4) is 0 Å². The van der Waals surface area contributed by atoms with Gasteiger partial charge in [-0.2, -0.15) is 0 Å². The summed E-state index contributed by atoms with van der Waals surface area (Å²) in [6.45, 7) is 1.10. The van der Waals surface area contributed by atoms with Crippen LogP contribution in [0.4, 0.5) is 11.5 Å². The molecule has 0 radical (unpaired) electrons. The molecule has 1 aliphatic heterocycles. The van der Waals surface area contributed by atoms with Gasteiger partial charge in [-0.05, 0) is 25.0 Å². The Labute approximate surface area is 158 Å². The predicted molar refractivity (Wildman–Crippen MR) is 102 cm³/mol. The van der Waals surface area contributed by atoms with Gasteiger partial charge in [0.25, 0.3) is 5.91 Å². The molecule has 1 aliphatic carbocycles. The number of anilines is 2. The van der Waals surface area contributed by atoms with E-state index in [0.29, 0.717) is 30.5 Å². The fraction of sp³-hybridized carbons (Fsp3) is 0.450. The van der Waals surface area contributed by atoms with E-state index < -0.39 is 0 Å². The van der Waals surface area contributed by atoms with Gasteiger partial charge in [-0.15, -0.1) is 0 Å². The lowest BCUT2D eigenvalue weighted by Gasteiger charge is -2.19. The number of nitrogens with one attached hydrogen (secondary N) is 2. The molecule has 0 bridgehead atoms. The standard InChI is InChI=1S/C20H24N4O3/c25-20(24-14-5-3-1-2-4-6-14)16-12-19(22-13-21-16)23-15-7-8-17-18(11-15)27-10-9-26-17/h7-8,11-14H,1-6,9-10H2,(H,24,25)(H,21,22,23). The zero-order chi connectivity index (χ0) is 18.5. The number of fused-ring (bicyclic) bond motifs is 1. The first-order valence-electron chi connectivity index (χ1n) is 9.57. The summed E-state index contributed by atoms with van der Waals surface area (Å²) in [5.41, 5.74) is 1.18. The quantitative estimate of drug-likeness (QED) is 0.804. The average molecular weight is 368 g/mol. The summed E-state index contributed by atoms with van der Waals surface area (Å²) in [6, 6.07) is 7.52. The number of ether oxygens (including phenoxy) is 2. The monoisotopic (exact) mass is 368 g/mol. The van der Waals surface area contributed by atoms with E-state index in [2.05, 4.69) is 20.6 Å². The first-order valence-corrected chi connectivity index (χ1v) is 9.57. The third-order valence-corrected chi connectivity index (χ3v) is 4.90. The van der Waals surface area contributed by atoms with Gasteiger partial charge in [0.15, 0.2) is 11.5 Å². The Kier molecular flexibility index (Phi) is 5.37. The van der Waals surface area contributed by atoms with Gasteiger partial charge in [0.1, 0.15) is 31.1 Å². The molecule has 4 rings (SSSR count). The van der Waals surface area contributed by atoms with Crippen molar-refractivity contribution in [2.24, 2.45) is 0 Å². The molecule has 1 saturated carbocycles. The lowest BCUT2D eigenvalue weighted by Crippen LogP contribution is -2.34. The van der Waals surface area contributed by atoms with Crippen molar-refractivity contribution in [3.8, 4) is 11.5 Å². The van der Waals surface area contributed by atoms with Crippen molar-refractivity contribution in [3.05, 3.63) is 36.3 Å². The molecular weight excluding hydrogens is 344 g/mol. The van der Waals surface area contributed by atoms with E-state index in [9.17, 15) is 4.79 Å². The number of rotatable bonds is 4. The predicted octanol–water partition coefficient (Wildman–Crippen LogP) is 3.44. The maximum atomic E-state index is 12.6. The average Bonchev–Trinajstić information content (AvgIpc) is 2.97. The number of benzene rings is 1. The SMILES string of the molecule is O=C(NC1CCCCCC1)c1cc(Nc2ccc3c(c2)OCCO3)ncn1. The number of carbonyl (C=O) groups excluding carboxylic acids is 1. The molecule has 142 valence electrons. The van der Waals surface area contributed by atoms with Crippen molar-refractivity contribution < 1.29 is 14.3 Å². The Morgan fingerprint density at radius 2 is 1.74 bits per heavy atom. The molecule has 1 fully saturated rings. The summed E-state index contributed by atoms with van der Waals surface area (Å²) < 4.78 is 11.1. The lowest BCUT2D eigenvalue weighted by molar-refractivity contribution is 0.0928. The van der Waals surface area contributed by atoms with Crippen molar-refractivity contribution in [3.63, 3.8) is 0 Å². The molecule has 2 N–H and O–H groups in total. The van der Waals surface area contributed by atoms with Crippen LogP contribution >= 0.6 is 0 Å². The third kappa shape index (κ3) is 4.48. The molecule has 1 aromatic heterocycles. The summed E-state index contributed by atoms with van der Waals surface area (Å²) in [6.07, 6.45) is 8.34. The van der Waals surface area contributed by atoms with Gasteiger partial charge >= 0.3 is 0 Å². The minimum Gasteiger partial charge on any atom is -0.486 e. The van der Waals surface area contributed by atoms with E-state index in [0.717, 1.165) is 24.3 Å². The highest BCUT2D eigenvalue weighted by Gasteiger charge is 2.17. The molecule has 7 nitrogen and oxygen atoms in total. The van der Waals surface area contributed by atoms with Crippen LogP contribution in [0.25, 0.3) is 0 Å². The second-order valence-corrected chi connectivity index (χ2v) is 6.93. The van der Waals surface area contributed by atoms with Crippen LogP contribution in [0, 0.1) is 0 Å². The zero-order valence-electron chi connectivity index (χ0n) is 15.2. The van der Waals surface area contributed by atoms with E-state index in [1.807, 2.05) is 18.2 Å². The molecule has 1 amide bonds. The van der Waals surface area contributed by atoms with E-state index in [1.54, 1.807) is 6.07 Å². The number of nitrogens with zero attached hydrogens (tertiary/aromatic N) is 2. The number of amides is 1. The highest BCUT2D eigenvalue weighted by atomic mass is 16.6. The summed E-state index contributed by atoms with van der Waals surface area (Å²) in [5.74, 6) is 1.85. The third-order valence-electron chi connectivity index (χ3n) is 4.90. The molecule has 27 heavy (non-hydrogen) atoms. The maximum Gasteiger partial charge on any atom is 0.270 e. The van der Waals surface area contributed by atoms with E-state index in [4.69, 9.17) is 9.47 Å². The minimum atomic E-state index is -0.144.